The van der Waals surface area contributed by atoms with E-state index >= 15 is 0 Å². The molecule has 0 aliphatic heterocycles. The Morgan fingerprint density at radius 3 is 2.80 bits per heavy atom. The maximum atomic E-state index is 13.2. The summed E-state index contributed by atoms with van der Waals surface area (Å²) in [7, 11) is -3.75. The third-order valence-corrected chi connectivity index (χ3v) is 4.92. The predicted octanol–water partition coefficient (Wildman–Crippen LogP) is 1.56. The van der Waals surface area contributed by atoms with Crippen LogP contribution in [0.1, 0.15) is 15.4 Å². The van der Waals surface area contributed by atoms with Gasteiger partial charge in [-0.3, -0.25) is 0 Å². The standard InChI is InChI=1S/C12H13FN2O3S2/c1-8-14-5-10(19-8)6-15-20(17,18)11-2-3-12(13)9(4-11)7-16/h2-5,15-16H,6-7H2,1H3. The van der Waals surface area contributed by atoms with E-state index < -0.39 is 22.4 Å². The molecule has 0 aliphatic rings. The Labute approximate surface area is 120 Å². The molecule has 1 heterocycles. The molecule has 2 aromatic rings. The van der Waals surface area contributed by atoms with E-state index in [-0.39, 0.29) is 17.0 Å². The zero-order valence-electron chi connectivity index (χ0n) is 10.6. The van der Waals surface area contributed by atoms with Crippen LogP contribution in [0.5, 0.6) is 0 Å². The fourth-order valence-corrected chi connectivity index (χ4v) is 3.46. The Hall–Kier alpha value is -1.35. The van der Waals surface area contributed by atoms with E-state index in [1.54, 1.807) is 6.20 Å². The highest BCUT2D eigenvalue weighted by Crippen LogP contribution is 2.17. The van der Waals surface area contributed by atoms with Crippen LogP contribution in [0.4, 0.5) is 4.39 Å². The van der Waals surface area contributed by atoms with Crippen LogP contribution in [0, 0.1) is 12.7 Å². The predicted molar refractivity (Wildman–Crippen MR) is 73.2 cm³/mol. The summed E-state index contributed by atoms with van der Waals surface area (Å²) >= 11 is 1.40. The summed E-state index contributed by atoms with van der Waals surface area (Å²) in [5.41, 5.74) is -0.0542. The van der Waals surface area contributed by atoms with Crippen LogP contribution < -0.4 is 4.72 Å². The number of aryl methyl sites for hydroxylation is 1. The molecule has 0 atom stereocenters. The maximum Gasteiger partial charge on any atom is 0.240 e. The highest BCUT2D eigenvalue weighted by atomic mass is 32.2. The fraction of sp³-hybridized carbons (Fsp3) is 0.250. The molecular weight excluding hydrogens is 303 g/mol. The molecular formula is C12H13FN2O3S2. The summed E-state index contributed by atoms with van der Waals surface area (Å²) in [6.45, 7) is 1.40. The molecule has 0 saturated carbocycles. The number of nitrogens with zero attached hydrogens (tertiary/aromatic N) is 1. The summed E-state index contributed by atoms with van der Waals surface area (Å²) < 4.78 is 39.8. The zero-order valence-corrected chi connectivity index (χ0v) is 12.3. The van der Waals surface area contributed by atoms with Crippen LogP contribution in [-0.2, 0) is 23.2 Å². The average Bonchev–Trinajstić information content (AvgIpc) is 2.83. The van der Waals surface area contributed by atoms with E-state index in [2.05, 4.69) is 9.71 Å². The molecule has 0 fully saturated rings. The Kier molecular flexibility index (Phi) is 4.48. The van der Waals surface area contributed by atoms with Gasteiger partial charge in [0.1, 0.15) is 5.82 Å². The number of benzene rings is 1. The van der Waals surface area contributed by atoms with Crippen LogP contribution in [0.15, 0.2) is 29.3 Å². The lowest BCUT2D eigenvalue weighted by molar-refractivity contribution is 0.275. The van der Waals surface area contributed by atoms with Gasteiger partial charge in [-0.15, -0.1) is 11.3 Å². The molecule has 108 valence electrons. The lowest BCUT2D eigenvalue weighted by Crippen LogP contribution is -2.23. The minimum absolute atomic E-state index is 0.0542. The number of sulfonamides is 1. The summed E-state index contributed by atoms with van der Waals surface area (Å²) in [6, 6.07) is 3.31. The molecule has 0 amide bonds. The number of aliphatic hydroxyl groups excluding tert-OH is 1. The Morgan fingerprint density at radius 1 is 1.45 bits per heavy atom. The van der Waals surface area contributed by atoms with Crippen LogP contribution >= 0.6 is 11.3 Å². The van der Waals surface area contributed by atoms with Gasteiger partial charge in [0.2, 0.25) is 10.0 Å². The highest BCUT2D eigenvalue weighted by Gasteiger charge is 2.16. The summed E-state index contributed by atoms with van der Waals surface area (Å²) in [6.07, 6.45) is 1.60. The van der Waals surface area contributed by atoms with Crippen LogP contribution in [0.3, 0.4) is 0 Å². The van der Waals surface area contributed by atoms with Gasteiger partial charge in [0, 0.05) is 23.2 Å². The number of hydrogen-bond donors (Lipinski definition) is 2. The van der Waals surface area contributed by atoms with Gasteiger partial charge in [-0.05, 0) is 25.1 Å². The minimum atomic E-state index is -3.75. The molecule has 0 spiro atoms. The third-order valence-electron chi connectivity index (χ3n) is 2.60. The van der Waals surface area contributed by atoms with Crippen molar-refractivity contribution in [3.05, 3.63) is 45.7 Å². The molecule has 8 heteroatoms. The van der Waals surface area contributed by atoms with E-state index in [0.29, 0.717) is 0 Å². The number of aromatic nitrogens is 1. The number of nitrogens with one attached hydrogen (secondary N) is 1. The van der Waals surface area contributed by atoms with Gasteiger partial charge in [-0.25, -0.2) is 22.5 Å². The van der Waals surface area contributed by atoms with Gasteiger partial charge in [-0.2, -0.15) is 0 Å². The molecule has 0 bridgehead atoms. The van der Waals surface area contributed by atoms with Crippen molar-refractivity contribution in [1.29, 1.82) is 0 Å². The SMILES string of the molecule is Cc1ncc(CNS(=O)(=O)c2ccc(F)c(CO)c2)s1. The number of aliphatic hydroxyl groups is 1. The van der Waals surface area contributed by atoms with Crippen molar-refractivity contribution in [2.45, 2.75) is 25.0 Å². The first-order chi connectivity index (χ1) is 9.42. The zero-order chi connectivity index (χ0) is 14.8. The molecule has 2 rings (SSSR count). The molecule has 20 heavy (non-hydrogen) atoms. The van der Waals surface area contributed by atoms with Crippen molar-refractivity contribution < 1.29 is 17.9 Å². The molecule has 1 aromatic heterocycles. The van der Waals surface area contributed by atoms with E-state index in [4.69, 9.17) is 5.11 Å². The number of halogens is 1. The molecule has 0 unspecified atom stereocenters. The second-order valence-corrected chi connectivity index (χ2v) is 7.17. The van der Waals surface area contributed by atoms with E-state index in [9.17, 15) is 12.8 Å². The minimum Gasteiger partial charge on any atom is -0.392 e. The average molecular weight is 316 g/mol. The highest BCUT2D eigenvalue weighted by molar-refractivity contribution is 7.89. The molecule has 1 aromatic carbocycles. The van der Waals surface area contributed by atoms with Crippen molar-refractivity contribution in [2.75, 3.05) is 0 Å². The third kappa shape index (κ3) is 3.40. The normalized spacial score (nSPS) is 11.8. The summed E-state index contributed by atoms with van der Waals surface area (Å²) in [5, 5.41) is 9.81. The maximum absolute atomic E-state index is 13.2. The van der Waals surface area contributed by atoms with Crippen molar-refractivity contribution in [2.24, 2.45) is 0 Å². The topological polar surface area (TPSA) is 79.3 Å². The van der Waals surface area contributed by atoms with Gasteiger partial charge in [-0.1, -0.05) is 0 Å². The molecule has 0 saturated heterocycles. The summed E-state index contributed by atoms with van der Waals surface area (Å²) in [5.74, 6) is -0.635. The van der Waals surface area contributed by atoms with Crippen molar-refractivity contribution >= 4 is 21.4 Å². The first-order valence-corrected chi connectivity index (χ1v) is 8.02. The number of rotatable bonds is 5. The Bertz CT molecular complexity index is 713. The first kappa shape index (κ1) is 15.0. The summed E-state index contributed by atoms with van der Waals surface area (Å²) in [4.78, 5) is 4.74. The Balaban J connectivity index is 2.17. The first-order valence-electron chi connectivity index (χ1n) is 5.72. The smallest absolute Gasteiger partial charge is 0.240 e. The van der Waals surface area contributed by atoms with Crippen LogP contribution in [0.2, 0.25) is 0 Å². The quantitative estimate of drug-likeness (QED) is 0.877. The lowest BCUT2D eigenvalue weighted by atomic mass is 10.2. The second kappa shape index (κ2) is 5.96. The van der Waals surface area contributed by atoms with Gasteiger partial charge < -0.3 is 5.11 Å². The van der Waals surface area contributed by atoms with Gasteiger partial charge >= 0.3 is 0 Å². The Morgan fingerprint density at radius 2 is 2.20 bits per heavy atom. The molecule has 0 aliphatic carbocycles. The monoisotopic (exact) mass is 316 g/mol. The van der Waals surface area contributed by atoms with E-state index in [0.717, 1.165) is 28.1 Å². The lowest BCUT2D eigenvalue weighted by Gasteiger charge is -2.07. The van der Waals surface area contributed by atoms with Gasteiger partial charge in [0.25, 0.3) is 0 Å². The van der Waals surface area contributed by atoms with Crippen LogP contribution in [-0.4, -0.2) is 18.5 Å². The van der Waals surface area contributed by atoms with Gasteiger partial charge in [0.05, 0.1) is 16.5 Å². The molecule has 2 N–H and O–H groups in total. The second-order valence-electron chi connectivity index (χ2n) is 4.08. The number of thiazole rings is 1. The van der Waals surface area contributed by atoms with Crippen molar-refractivity contribution in [1.82, 2.24) is 9.71 Å². The molecule has 5 nitrogen and oxygen atoms in total. The molecule has 0 radical (unpaired) electrons. The van der Waals surface area contributed by atoms with Crippen molar-refractivity contribution in [3.8, 4) is 0 Å². The number of hydrogen-bond acceptors (Lipinski definition) is 5. The largest absolute Gasteiger partial charge is 0.392 e. The van der Waals surface area contributed by atoms with Crippen LogP contribution in [0.25, 0.3) is 0 Å². The van der Waals surface area contributed by atoms with E-state index in [1.165, 1.54) is 11.3 Å². The van der Waals surface area contributed by atoms with Crippen molar-refractivity contribution in [3.63, 3.8) is 0 Å². The van der Waals surface area contributed by atoms with E-state index in [1.807, 2.05) is 6.92 Å². The fourth-order valence-electron chi connectivity index (χ4n) is 1.58. The van der Waals surface area contributed by atoms with Gasteiger partial charge in [0.15, 0.2) is 0 Å².